The number of methoxy groups -OCH3 is 2. The van der Waals surface area contributed by atoms with Crippen molar-refractivity contribution in [3.05, 3.63) is 35.4 Å². The van der Waals surface area contributed by atoms with Crippen molar-refractivity contribution in [1.29, 1.82) is 0 Å². The first kappa shape index (κ1) is 14.6. The second-order valence-electron chi connectivity index (χ2n) is 4.03. The minimum absolute atomic E-state index is 0.216. The van der Waals surface area contributed by atoms with Crippen LogP contribution >= 0.6 is 0 Å². The van der Waals surface area contributed by atoms with Crippen molar-refractivity contribution in [3.63, 3.8) is 0 Å². The van der Waals surface area contributed by atoms with Gasteiger partial charge in [0.15, 0.2) is 0 Å². The number of hydrogen-bond donors (Lipinski definition) is 2. The van der Waals surface area contributed by atoms with E-state index in [0.29, 0.717) is 6.61 Å². The third-order valence-corrected chi connectivity index (χ3v) is 2.76. The molecule has 0 saturated heterocycles. The number of nitrogens with two attached hydrogens (primary N) is 1. The number of ether oxygens (including phenoxy) is 2. The lowest BCUT2D eigenvalue weighted by Gasteiger charge is -2.19. The lowest BCUT2D eigenvalue weighted by atomic mass is 9.97. The van der Waals surface area contributed by atoms with Crippen LogP contribution in [0.2, 0.25) is 0 Å². The molecule has 0 radical (unpaired) electrons. The largest absolute Gasteiger partial charge is 0.480 e. The third-order valence-electron chi connectivity index (χ3n) is 2.76. The minimum atomic E-state index is -1.01. The molecule has 1 aromatic carbocycles. The fraction of sp³-hybridized carbons (Fsp3) is 0.462. The molecule has 2 unspecified atom stereocenters. The molecule has 0 aromatic heterocycles. The van der Waals surface area contributed by atoms with E-state index in [2.05, 4.69) is 0 Å². The first-order chi connectivity index (χ1) is 8.60. The number of carbonyl (C=O) groups is 1. The summed E-state index contributed by atoms with van der Waals surface area (Å²) in [5.41, 5.74) is 7.35. The Bertz CT molecular complexity index is 394. The van der Waals surface area contributed by atoms with Gasteiger partial charge in [-0.2, -0.15) is 0 Å². The van der Waals surface area contributed by atoms with Crippen LogP contribution in [0.25, 0.3) is 0 Å². The predicted octanol–water partition coefficient (Wildman–Crippen LogP) is 0.975. The van der Waals surface area contributed by atoms with Gasteiger partial charge in [0.1, 0.15) is 12.1 Å². The Labute approximate surface area is 107 Å². The van der Waals surface area contributed by atoms with Crippen LogP contribution in [0, 0.1) is 0 Å². The van der Waals surface area contributed by atoms with Crippen LogP contribution in [0.3, 0.4) is 0 Å². The topological polar surface area (TPSA) is 81.8 Å². The first-order valence-electron chi connectivity index (χ1n) is 5.68. The molecule has 1 rings (SSSR count). The summed E-state index contributed by atoms with van der Waals surface area (Å²) in [5, 5.41) is 8.85. The highest BCUT2D eigenvalue weighted by molar-refractivity contribution is 5.73. The number of hydrogen-bond acceptors (Lipinski definition) is 4. The third kappa shape index (κ3) is 3.80. The molecule has 100 valence electrons. The number of rotatable bonds is 7. The first-order valence-corrected chi connectivity index (χ1v) is 5.68. The summed E-state index contributed by atoms with van der Waals surface area (Å²) < 4.78 is 10.4. The van der Waals surface area contributed by atoms with Gasteiger partial charge in [-0.3, -0.25) is 4.79 Å². The van der Waals surface area contributed by atoms with Crippen LogP contribution in [0.1, 0.15) is 17.2 Å². The van der Waals surface area contributed by atoms with Gasteiger partial charge >= 0.3 is 5.97 Å². The Morgan fingerprint density at radius 3 is 2.61 bits per heavy atom. The van der Waals surface area contributed by atoms with Crippen molar-refractivity contribution in [3.8, 4) is 0 Å². The van der Waals surface area contributed by atoms with Gasteiger partial charge in [0, 0.05) is 14.2 Å². The van der Waals surface area contributed by atoms with Gasteiger partial charge in [0.25, 0.3) is 0 Å². The van der Waals surface area contributed by atoms with Crippen LogP contribution in [-0.2, 0) is 20.7 Å². The molecule has 1 aromatic rings. The van der Waals surface area contributed by atoms with Crippen molar-refractivity contribution in [1.82, 2.24) is 0 Å². The molecule has 0 fully saturated rings. The molecule has 0 heterocycles. The predicted molar refractivity (Wildman–Crippen MR) is 67.4 cm³/mol. The van der Waals surface area contributed by atoms with Gasteiger partial charge in [-0.25, -0.2) is 0 Å². The van der Waals surface area contributed by atoms with Crippen LogP contribution in [-0.4, -0.2) is 37.9 Å². The summed E-state index contributed by atoms with van der Waals surface area (Å²) >= 11 is 0. The molecule has 5 heteroatoms. The lowest BCUT2D eigenvalue weighted by molar-refractivity contribution is -0.138. The van der Waals surface area contributed by atoms with Gasteiger partial charge < -0.3 is 20.3 Å². The minimum Gasteiger partial charge on any atom is -0.480 e. The molecule has 3 N–H and O–H groups in total. The van der Waals surface area contributed by atoms with E-state index >= 15 is 0 Å². The van der Waals surface area contributed by atoms with Crippen LogP contribution < -0.4 is 5.73 Å². The van der Waals surface area contributed by atoms with Crippen molar-refractivity contribution >= 4 is 5.97 Å². The van der Waals surface area contributed by atoms with Crippen molar-refractivity contribution < 1.29 is 19.4 Å². The quantitative estimate of drug-likeness (QED) is 0.756. The average Bonchev–Trinajstić information content (AvgIpc) is 2.36. The molecular formula is C13H19NO4. The van der Waals surface area contributed by atoms with E-state index in [1.165, 1.54) is 0 Å². The average molecular weight is 253 g/mol. The Morgan fingerprint density at radius 2 is 2.06 bits per heavy atom. The normalized spacial score (nSPS) is 14.2. The van der Waals surface area contributed by atoms with Gasteiger partial charge in [0.2, 0.25) is 0 Å². The molecule has 0 aliphatic rings. The summed E-state index contributed by atoms with van der Waals surface area (Å²) in [5.74, 6) is -1.01. The monoisotopic (exact) mass is 253 g/mol. The molecule has 0 aliphatic carbocycles. The van der Waals surface area contributed by atoms with Crippen molar-refractivity contribution in [2.75, 3.05) is 20.8 Å². The van der Waals surface area contributed by atoms with E-state index in [0.717, 1.165) is 11.1 Å². The Hall–Kier alpha value is -1.43. The highest BCUT2D eigenvalue weighted by atomic mass is 16.5. The summed E-state index contributed by atoms with van der Waals surface area (Å²) in [7, 11) is 3.19. The summed E-state index contributed by atoms with van der Waals surface area (Å²) in [6.07, 6.45) is 0.0573. The molecule has 5 nitrogen and oxygen atoms in total. The Morgan fingerprint density at radius 1 is 1.39 bits per heavy atom. The van der Waals surface area contributed by atoms with Gasteiger partial charge in [-0.15, -0.1) is 0 Å². The SMILES string of the molecule is COCC(OC)c1ccccc1CC(N)C(=O)O. The van der Waals surface area contributed by atoms with Gasteiger partial charge in [-0.1, -0.05) is 24.3 Å². The molecule has 0 spiro atoms. The molecule has 2 atom stereocenters. The molecule has 18 heavy (non-hydrogen) atoms. The summed E-state index contributed by atoms with van der Waals surface area (Å²) in [6, 6.07) is 6.59. The van der Waals surface area contributed by atoms with Gasteiger partial charge in [0.05, 0.1) is 6.61 Å². The van der Waals surface area contributed by atoms with E-state index in [1.54, 1.807) is 14.2 Å². The van der Waals surface area contributed by atoms with Crippen LogP contribution in [0.4, 0.5) is 0 Å². The number of carboxylic acids is 1. The fourth-order valence-electron chi connectivity index (χ4n) is 1.79. The fourth-order valence-corrected chi connectivity index (χ4v) is 1.79. The van der Waals surface area contributed by atoms with E-state index in [-0.39, 0.29) is 12.5 Å². The zero-order valence-electron chi connectivity index (χ0n) is 10.6. The zero-order valence-corrected chi connectivity index (χ0v) is 10.6. The molecule has 0 aliphatic heterocycles. The maximum atomic E-state index is 10.8. The smallest absolute Gasteiger partial charge is 0.320 e. The van der Waals surface area contributed by atoms with E-state index < -0.39 is 12.0 Å². The second-order valence-corrected chi connectivity index (χ2v) is 4.03. The highest BCUT2D eigenvalue weighted by Gasteiger charge is 2.18. The molecular weight excluding hydrogens is 234 g/mol. The molecule has 0 bridgehead atoms. The van der Waals surface area contributed by atoms with E-state index in [4.69, 9.17) is 20.3 Å². The van der Waals surface area contributed by atoms with E-state index in [9.17, 15) is 4.79 Å². The zero-order chi connectivity index (χ0) is 13.5. The van der Waals surface area contributed by atoms with Crippen molar-refractivity contribution in [2.45, 2.75) is 18.6 Å². The van der Waals surface area contributed by atoms with Crippen LogP contribution in [0.15, 0.2) is 24.3 Å². The van der Waals surface area contributed by atoms with Crippen LogP contribution in [0.5, 0.6) is 0 Å². The summed E-state index contributed by atoms with van der Waals surface area (Å²) in [6.45, 7) is 0.413. The Kier molecular flexibility index (Phi) is 5.77. The summed E-state index contributed by atoms with van der Waals surface area (Å²) in [4.78, 5) is 10.8. The second kappa shape index (κ2) is 7.10. The lowest BCUT2D eigenvalue weighted by Crippen LogP contribution is -2.32. The molecule has 0 saturated carbocycles. The number of benzene rings is 1. The number of carboxylic acid groups (broad SMARTS) is 1. The van der Waals surface area contributed by atoms with E-state index in [1.807, 2.05) is 24.3 Å². The standard InChI is InChI=1S/C13H19NO4/c1-17-8-12(18-2)10-6-4-3-5-9(10)7-11(14)13(15)16/h3-6,11-12H,7-8,14H2,1-2H3,(H,15,16). The van der Waals surface area contributed by atoms with Crippen molar-refractivity contribution in [2.24, 2.45) is 5.73 Å². The Balaban J connectivity index is 2.94. The maximum Gasteiger partial charge on any atom is 0.320 e. The number of aliphatic carboxylic acids is 1. The maximum absolute atomic E-state index is 10.8. The molecule has 0 amide bonds. The van der Waals surface area contributed by atoms with Gasteiger partial charge in [-0.05, 0) is 17.5 Å². The highest BCUT2D eigenvalue weighted by Crippen LogP contribution is 2.22.